The summed E-state index contributed by atoms with van der Waals surface area (Å²) in [4.78, 5) is 38.2. The third-order valence-electron chi connectivity index (χ3n) is 4.27. The fourth-order valence-electron chi connectivity index (χ4n) is 2.68. The number of methoxy groups -OCH3 is 1. The van der Waals surface area contributed by atoms with Crippen molar-refractivity contribution in [3.8, 4) is 0 Å². The van der Waals surface area contributed by atoms with E-state index in [1.54, 1.807) is 0 Å². The van der Waals surface area contributed by atoms with Gasteiger partial charge in [0.25, 0.3) is 0 Å². The number of nitrogens with zero attached hydrogens (tertiary/aromatic N) is 3. The number of esters is 1. The highest BCUT2D eigenvalue weighted by molar-refractivity contribution is 6.36. The van der Waals surface area contributed by atoms with Gasteiger partial charge in [-0.2, -0.15) is 5.10 Å². The normalized spacial score (nSPS) is 14.4. The zero-order valence-corrected chi connectivity index (χ0v) is 16.5. The Balaban J connectivity index is 1.90. The van der Waals surface area contributed by atoms with Gasteiger partial charge in [-0.05, 0) is 51.2 Å². The fraction of sp³-hybridized carbons (Fsp3) is 0.474. The SMILES string of the molecule is COC(=O)/C(CCCN(C)C)=N\Nc1ccc(CCN2C(=O)CNC2=O)cc1. The van der Waals surface area contributed by atoms with E-state index in [2.05, 4.69) is 15.8 Å². The van der Waals surface area contributed by atoms with Gasteiger partial charge >= 0.3 is 12.0 Å². The molecular formula is C19H27N5O4. The molecule has 0 radical (unpaired) electrons. The van der Waals surface area contributed by atoms with Crippen molar-refractivity contribution in [3.63, 3.8) is 0 Å². The van der Waals surface area contributed by atoms with Crippen molar-refractivity contribution in [2.24, 2.45) is 5.10 Å². The number of rotatable bonds is 10. The maximum Gasteiger partial charge on any atom is 0.354 e. The van der Waals surface area contributed by atoms with E-state index in [4.69, 9.17) is 4.74 Å². The van der Waals surface area contributed by atoms with Gasteiger partial charge in [0.2, 0.25) is 5.91 Å². The minimum Gasteiger partial charge on any atom is -0.464 e. The van der Waals surface area contributed by atoms with Gasteiger partial charge in [0.05, 0.1) is 19.3 Å². The molecule has 0 aromatic heterocycles. The summed E-state index contributed by atoms with van der Waals surface area (Å²) in [6.07, 6.45) is 1.88. The van der Waals surface area contributed by atoms with Crippen molar-refractivity contribution in [1.29, 1.82) is 0 Å². The minimum atomic E-state index is -0.448. The second-order valence-electron chi connectivity index (χ2n) is 6.72. The molecule has 0 bridgehead atoms. The van der Waals surface area contributed by atoms with E-state index in [0.29, 0.717) is 25.1 Å². The molecule has 152 valence electrons. The van der Waals surface area contributed by atoms with Crippen LogP contribution in [0, 0.1) is 0 Å². The third-order valence-corrected chi connectivity index (χ3v) is 4.27. The smallest absolute Gasteiger partial charge is 0.354 e. The van der Waals surface area contributed by atoms with Crippen molar-refractivity contribution in [1.82, 2.24) is 15.1 Å². The number of hydrogen-bond donors (Lipinski definition) is 2. The van der Waals surface area contributed by atoms with Gasteiger partial charge in [0, 0.05) is 13.0 Å². The molecule has 1 aliphatic heterocycles. The number of hydrogen-bond acceptors (Lipinski definition) is 7. The summed E-state index contributed by atoms with van der Waals surface area (Å²) >= 11 is 0. The second kappa shape index (κ2) is 10.4. The van der Waals surface area contributed by atoms with Crippen LogP contribution in [0.3, 0.4) is 0 Å². The Kier molecular flexibility index (Phi) is 7.94. The van der Waals surface area contributed by atoms with Crippen LogP contribution in [-0.2, 0) is 20.7 Å². The molecule has 1 saturated heterocycles. The average Bonchev–Trinajstić information content (AvgIpc) is 3.00. The van der Waals surface area contributed by atoms with Crippen molar-refractivity contribution < 1.29 is 19.1 Å². The Hall–Kier alpha value is -2.94. The number of imide groups is 1. The van der Waals surface area contributed by atoms with Crippen molar-refractivity contribution in [3.05, 3.63) is 29.8 Å². The maximum absolute atomic E-state index is 11.9. The molecule has 2 rings (SSSR count). The summed E-state index contributed by atoms with van der Waals surface area (Å²) in [6.45, 7) is 1.26. The number of nitrogens with one attached hydrogen (secondary N) is 2. The average molecular weight is 389 g/mol. The first kappa shape index (κ1) is 21.4. The van der Waals surface area contributed by atoms with Crippen LogP contribution in [-0.4, -0.2) is 74.3 Å². The van der Waals surface area contributed by atoms with Crippen molar-refractivity contribution >= 4 is 29.3 Å². The molecule has 28 heavy (non-hydrogen) atoms. The van der Waals surface area contributed by atoms with Gasteiger partial charge in [0.1, 0.15) is 5.71 Å². The summed E-state index contributed by atoms with van der Waals surface area (Å²) in [5.74, 6) is -0.654. The number of amides is 3. The topological polar surface area (TPSA) is 103 Å². The van der Waals surface area contributed by atoms with E-state index in [0.717, 1.165) is 24.2 Å². The largest absolute Gasteiger partial charge is 0.464 e. The lowest BCUT2D eigenvalue weighted by Gasteiger charge is -2.12. The van der Waals surface area contributed by atoms with Gasteiger partial charge in [-0.25, -0.2) is 9.59 Å². The van der Waals surface area contributed by atoms with E-state index in [1.807, 2.05) is 43.3 Å². The number of carbonyl (C=O) groups excluding carboxylic acids is 3. The number of ether oxygens (including phenoxy) is 1. The Morgan fingerprint density at radius 3 is 2.57 bits per heavy atom. The van der Waals surface area contributed by atoms with E-state index in [1.165, 1.54) is 12.0 Å². The molecule has 9 nitrogen and oxygen atoms in total. The molecule has 0 aliphatic carbocycles. The lowest BCUT2D eigenvalue weighted by atomic mass is 10.1. The quantitative estimate of drug-likeness (QED) is 0.268. The molecule has 0 spiro atoms. The molecule has 1 aromatic carbocycles. The molecule has 3 amide bonds. The van der Waals surface area contributed by atoms with E-state index in [-0.39, 0.29) is 18.5 Å². The Morgan fingerprint density at radius 2 is 2.00 bits per heavy atom. The van der Waals surface area contributed by atoms with E-state index < -0.39 is 5.97 Å². The van der Waals surface area contributed by atoms with Crippen LogP contribution in [0.25, 0.3) is 0 Å². The predicted molar refractivity (Wildman–Crippen MR) is 106 cm³/mol. The molecule has 0 unspecified atom stereocenters. The summed E-state index contributed by atoms with van der Waals surface area (Å²) in [7, 11) is 5.28. The van der Waals surface area contributed by atoms with Crippen LogP contribution in [0.15, 0.2) is 29.4 Å². The second-order valence-corrected chi connectivity index (χ2v) is 6.72. The number of anilines is 1. The predicted octanol–water partition coefficient (Wildman–Crippen LogP) is 1.06. The zero-order valence-electron chi connectivity index (χ0n) is 16.5. The Labute approximate surface area is 164 Å². The lowest BCUT2D eigenvalue weighted by molar-refractivity contribution is -0.132. The van der Waals surface area contributed by atoms with Gasteiger partial charge in [-0.3, -0.25) is 15.1 Å². The summed E-state index contributed by atoms with van der Waals surface area (Å²) in [6, 6.07) is 7.10. The van der Waals surface area contributed by atoms with Crippen LogP contribution < -0.4 is 10.7 Å². The van der Waals surface area contributed by atoms with Crippen molar-refractivity contribution in [2.45, 2.75) is 19.3 Å². The monoisotopic (exact) mass is 389 g/mol. The maximum atomic E-state index is 11.9. The molecule has 1 fully saturated rings. The van der Waals surface area contributed by atoms with Crippen LogP contribution in [0.1, 0.15) is 18.4 Å². The van der Waals surface area contributed by atoms with Crippen molar-refractivity contribution in [2.75, 3.05) is 46.3 Å². The lowest BCUT2D eigenvalue weighted by Crippen LogP contribution is -2.32. The van der Waals surface area contributed by atoms with Gasteiger partial charge in [-0.15, -0.1) is 0 Å². The first-order valence-electron chi connectivity index (χ1n) is 9.13. The highest BCUT2D eigenvalue weighted by atomic mass is 16.5. The summed E-state index contributed by atoms with van der Waals surface area (Å²) in [5, 5.41) is 6.69. The van der Waals surface area contributed by atoms with Gasteiger partial charge in [-0.1, -0.05) is 12.1 Å². The summed E-state index contributed by atoms with van der Waals surface area (Å²) in [5.41, 5.74) is 4.94. The molecule has 0 saturated carbocycles. The number of urea groups is 1. The number of benzene rings is 1. The highest BCUT2D eigenvalue weighted by Crippen LogP contribution is 2.12. The van der Waals surface area contributed by atoms with Gasteiger partial charge in [0.15, 0.2) is 0 Å². The summed E-state index contributed by atoms with van der Waals surface area (Å²) < 4.78 is 4.79. The number of carbonyl (C=O) groups is 3. The minimum absolute atomic E-state index is 0.0662. The molecule has 9 heteroatoms. The van der Waals surface area contributed by atoms with E-state index in [9.17, 15) is 14.4 Å². The first-order valence-corrected chi connectivity index (χ1v) is 9.13. The third kappa shape index (κ3) is 6.34. The highest BCUT2D eigenvalue weighted by Gasteiger charge is 2.27. The molecule has 2 N–H and O–H groups in total. The molecule has 1 aromatic rings. The van der Waals surface area contributed by atoms with Gasteiger partial charge < -0.3 is 15.0 Å². The molecule has 1 heterocycles. The number of hydrazone groups is 1. The van der Waals surface area contributed by atoms with Crippen LogP contribution in [0.4, 0.5) is 10.5 Å². The standard InChI is InChI=1S/C19H27N5O4/c1-23(2)11-4-5-16(18(26)28-3)22-21-15-8-6-14(7-9-15)10-12-24-17(25)13-20-19(24)27/h6-9,21H,4-5,10-13H2,1-3H3,(H,20,27)/b22-16-. The van der Waals surface area contributed by atoms with E-state index >= 15 is 0 Å². The van der Waals surface area contributed by atoms with Crippen LogP contribution in [0.2, 0.25) is 0 Å². The molecular weight excluding hydrogens is 362 g/mol. The Bertz CT molecular complexity index is 714. The molecule has 0 atom stereocenters. The first-order chi connectivity index (χ1) is 13.4. The molecule has 1 aliphatic rings. The van der Waals surface area contributed by atoms with Crippen LogP contribution >= 0.6 is 0 Å². The fourth-order valence-corrected chi connectivity index (χ4v) is 2.68. The Morgan fingerprint density at radius 1 is 1.29 bits per heavy atom. The van der Waals surface area contributed by atoms with Crippen LogP contribution in [0.5, 0.6) is 0 Å². The zero-order chi connectivity index (χ0) is 20.5.